The monoisotopic (exact) mass is 281 g/mol. The van der Waals surface area contributed by atoms with E-state index in [1.165, 1.54) is 27.1 Å². The third-order valence-electron chi connectivity index (χ3n) is 3.87. The maximum absolute atomic E-state index is 4.50. The molecule has 0 saturated heterocycles. The molecule has 22 heavy (non-hydrogen) atoms. The van der Waals surface area contributed by atoms with Crippen molar-refractivity contribution < 1.29 is 0 Å². The molecule has 0 aliphatic carbocycles. The molecule has 4 aromatic rings. The largest absolute Gasteiger partial charge is 0.256 e. The normalized spacial score (nSPS) is 11.5. The van der Waals surface area contributed by atoms with E-state index in [0.717, 1.165) is 5.69 Å². The van der Waals surface area contributed by atoms with Gasteiger partial charge in [-0.15, -0.1) is 0 Å². The number of benzene rings is 3. The molecular weight excluding hydrogens is 266 g/mol. The molecule has 0 radical (unpaired) electrons. The second-order valence-corrected chi connectivity index (χ2v) is 5.40. The van der Waals surface area contributed by atoms with Crippen molar-refractivity contribution in [3.63, 3.8) is 0 Å². The van der Waals surface area contributed by atoms with Gasteiger partial charge in [0, 0.05) is 11.6 Å². The molecule has 1 aromatic heterocycles. The lowest BCUT2D eigenvalue weighted by Gasteiger charge is -2.00. The highest BCUT2D eigenvalue weighted by Crippen LogP contribution is 2.18. The van der Waals surface area contributed by atoms with Crippen molar-refractivity contribution in [2.24, 2.45) is 0 Å². The minimum Gasteiger partial charge on any atom is -0.256 e. The van der Waals surface area contributed by atoms with Gasteiger partial charge < -0.3 is 0 Å². The van der Waals surface area contributed by atoms with Crippen LogP contribution in [0.2, 0.25) is 0 Å². The molecule has 0 spiro atoms. The smallest absolute Gasteiger partial charge is 0.0636 e. The van der Waals surface area contributed by atoms with Crippen LogP contribution in [0.5, 0.6) is 0 Å². The van der Waals surface area contributed by atoms with E-state index < -0.39 is 0 Å². The molecule has 0 saturated carbocycles. The van der Waals surface area contributed by atoms with Crippen LogP contribution in [0.15, 0.2) is 79.0 Å². The van der Waals surface area contributed by atoms with Crippen molar-refractivity contribution in [2.45, 2.75) is 0 Å². The van der Waals surface area contributed by atoms with Gasteiger partial charge >= 0.3 is 0 Å². The number of rotatable bonds is 2. The second-order valence-electron chi connectivity index (χ2n) is 5.40. The molecule has 0 N–H and O–H groups in total. The first-order chi connectivity index (χ1) is 10.9. The Morgan fingerprint density at radius 3 is 2.09 bits per heavy atom. The number of fused-ring (bicyclic) bond motifs is 2. The van der Waals surface area contributed by atoms with Gasteiger partial charge in [-0.3, -0.25) is 4.98 Å². The summed E-state index contributed by atoms with van der Waals surface area (Å²) in [5, 5.41) is 4.92. The third kappa shape index (κ3) is 2.49. The average Bonchev–Trinajstić information content (AvgIpc) is 2.59. The topological polar surface area (TPSA) is 12.9 Å². The standard InChI is InChI=1S/C21H15N/c1-2-6-18-13-16(9-11-17(18)5-1)10-12-21-14-19-7-3-4-8-20(19)15-22-21/h1-15H/b12-10-. The fraction of sp³-hybridized carbons (Fsp3) is 0. The van der Waals surface area contributed by atoms with Gasteiger partial charge in [-0.25, -0.2) is 0 Å². The van der Waals surface area contributed by atoms with Crippen LogP contribution in [0.3, 0.4) is 0 Å². The van der Waals surface area contributed by atoms with Crippen molar-refractivity contribution in [3.05, 3.63) is 90.3 Å². The molecule has 1 heterocycles. The quantitative estimate of drug-likeness (QED) is 0.469. The third-order valence-corrected chi connectivity index (χ3v) is 3.87. The second kappa shape index (κ2) is 5.45. The Morgan fingerprint density at radius 2 is 1.27 bits per heavy atom. The molecule has 0 amide bonds. The van der Waals surface area contributed by atoms with Crippen LogP contribution in [0.4, 0.5) is 0 Å². The van der Waals surface area contributed by atoms with Crippen molar-refractivity contribution in [2.75, 3.05) is 0 Å². The summed E-state index contributed by atoms with van der Waals surface area (Å²) in [4.78, 5) is 4.50. The van der Waals surface area contributed by atoms with E-state index in [9.17, 15) is 0 Å². The first kappa shape index (κ1) is 12.8. The summed E-state index contributed by atoms with van der Waals surface area (Å²) in [6.45, 7) is 0. The minimum absolute atomic E-state index is 0.979. The lowest BCUT2D eigenvalue weighted by Crippen LogP contribution is -1.81. The summed E-state index contributed by atoms with van der Waals surface area (Å²) in [6, 6.07) is 25.3. The summed E-state index contributed by atoms with van der Waals surface area (Å²) in [7, 11) is 0. The van der Waals surface area contributed by atoms with Gasteiger partial charge in [0.15, 0.2) is 0 Å². The molecule has 104 valence electrons. The number of pyridine rings is 1. The molecule has 0 aliphatic heterocycles. The van der Waals surface area contributed by atoms with Crippen LogP contribution in [0, 0.1) is 0 Å². The van der Waals surface area contributed by atoms with Gasteiger partial charge in [-0.1, -0.05) is 66.7 Å². The summed E-state index contributed by atoms with van der Waals surface area (Å²) in [5.41, 5.74) is 2.17. The van der Waals surface area contributed by atoms with Gasteiger partial charge in [0.25, 0.3) is 0 Å². The van der Waals surface area contributed by atoms with Crippen molar-refractivity contribution >= 4 is 33.7 Å². The number of nitrogens with zero attached hydrogens (tertiary/aromatic N) is 1. The first-order valence-corrected chi connectivity index (χ1v) is 7.40. The zero-order valence-electron chi connectivity index (χ0n) is 12.1. The zero-order valence-corrected chi connectivity index (χ0v) is 12.1. The Morgan fingerprint density at radius 1 is 0.591 bits per heavy atom. The predicted octanol–water partition coefficient (Wildman–Crippen LogP) is 5.56. The Bertz CT molecular complexity index is 902. The van der Waals surface area contributed by atoms with Crippen LogP contribution in [-0.4, -0.2) is 4.98 Å². The predicted molar refractivity (Wildman–Crippen MR) is 94.6 cm³/mol. The molecule has 0 atom stereocenters. The SMILES string of the molecule is C(=C/c1cc2ccccc2cn1)/c1ccc2ccccc2c1. The Kier molecular flexibility index (Phi) is 3.17. The van der Waals surface area contributed by atoms with Crippen LogP contribution < -0.4 is 0 Å². The minimum atomic E-state index is 0.979. The number of hydrogen-bond acceptors (Lipinski definition) is 1. The highest BCUT2D eigenvalue weighted by molar-refractivity contribution is 5.87. The highest BCUT2D eigenvalue weighted by Gasteiger charge is 1.96. The van der Waals surface area contributed by atoms with Gasteiger partial charge in [-0.05, 0) is 39.9 Å². The molecule has 0 fully saturated rings. The van der Waals surface area contributed by atoms with E-state index in [-0.39, 0.29) is 0 Å². The Hall–Kier alpha value is -2.93. The number of aromatic nitrogens is 1. The maximum Gasteiger partial charge on any atom is 0.0636 e. The molecule has 0 aliphatic rings. The fourth-order valence-electron chi connectivity index (χ4n) is 2.68. The fourth-order valence-corrected chi connectivity index (χ4v) is 2.68. The number of hydrogen-bond donors (Lipinski definition) is 0. The average molecular weight is 281 g/mol. The van der Waals surface area contributed by atoms with E-state index in [2.05, 4.69) is 83.9 Å². The van der Waals surface area contributed by atoms with Crippen LogP contribution >= 0.6 is 0 Å². The van der Waals surface area contributed by atoms with Gasteiger partial charge in [0.2, 0.25) is 0 Å². The maximum atomic E-state index is 4.50. The summed E-state index contributed by atoms with van der Waals surface area (Å²) < 4.78 is 0. The molecule has 1 nitrogen and oxygen atoms in total. The van der Waals surface area contributed by atoms with E-state index in [1.807, 2.05) is 12.3 Å². The lowest BCUT2D eigenvalue weighted by atomic mass is 10.1. The summed E-state index contributed by atoms with van der Waals surface area (Å²) in [6.07, 6.45) is 6.11. The molecule has 0 bridgehead atoms. The van der Waals surface area contributed by atoms with Crippen LogP contribution in [0.1, 0.15) is 11.3 Å². The van der Waals surface area contributed by atoms with E-state index in [1.54, 1.807) is 0 Å². The highest BCUT2D eigenvalue weighted by atomic mass is 14.7. The van der Waals surface area contributed by atoms with Gasteiger partial charge in [-0.2, -0.15) is 0 Å². The first-order valence-electron chi connectivity index (χ1n) is 7.40. The molecule has 4 rings (SSSR count). The van der Waals surface area contributed by atoms with Crippen LogP contribution in [0.25, 0.3) is 33.7 Å². The van der Waals surface area contributed by atoms with E-state index >= 15 is 0 Å². The van der Waals surface area contributed by atoms with Crippen LogP contribution in [-0.2, 0) is 0 Å². The molecule has 0 unspecified atom stereocenters. The zero-order chi connectivity index (χ0) is 14.8. The summed E-state index contributed by atoms with van der Waals surface area (Å²) >= 11 is 0. The lowest BCUT2D eigenvalue weighted by molar-refractivity contribution is 1.33. The van der Waals surface area contributed by atoms with Gasteiger partial charge in [0.05, 0.1) is 5.69 Å². The van der Waals surface area contributed by atoms with Gasteiger partial charge in [0.1, 0.15) is 0 Å². The Balaban J connectivity index is 1.68. The van der Waals surface area contributed by atoms with E-state index in [4.69, 9.17) is 0 Å². The summed E-state index contributed by atoms with van der Waals surface area (Å²) in [5.74, 6) is 0. The molecule has 3 aromatic carbocycles. The molecular formula is C21H15N. The Labute approximate surface area is 129 Å². The van der Waals surface area contributed by atoms with Crippen molar-refractivity contribution in [3.8, 4) is 0 Å². The van der Waals surface area contributed by atoms with E-state index in [0.29, 0.717) is 0 Å². The van der Waals surface area contributed by atoms with Crippen molar-refractivity contribution in [1.29, 1.82) is 0 Å². The van der Waals surface area contributed by atoms with Crippen molar-refractivity contribution in [1.82, 2.24) is 4.98 Å². The molecule has 1 heteroatoms.